The van der Waals surface area contributed by atoms with Crippen LogP contribution in [0.25, 0.3) is 0 Å². The van der Waals surface area contributed by atoms with E-state index < -0.39 is 0 Å². The molecule has 0 bridgehead atoms. The first-order valence-corrected chi connectivity index (χ1v) is 4.98. The Bertz CT molecular complexity index is 214. The largest absolute Gasteiger partial charge is 0.357 e. The summed E-state index contributed by atoms with van der Waals surface area (Å²) in [5.41, 5.74) is 0. The van der Waals surface area contributed by atoms with Gasteiger partial charge >= 0.3 is 0 Å². The minimum absolute atomic E-state index is 0. The van der Waals surface area contributed by atoms with Gasteiger partial charge in [-0.1, -0.05) is 18.2 Å². The van der Waals surface area contributed by atoms with Crippen LogP contribution in [0.4, 0.5) is 0 Å². The van der Waals surface area contributed by atoms with Gasteiger partial charge < -0.3 is 10.6 Å². The van der Waals surface area contributed by atoms with Crippen LogP contribution < -0.4 is 10.6 Å². The molecule has 0 radical (unpaired) electrons. The fourth-order valence-electron chi connectivity index (χ4n) is 0.906. The number of guanidine groups is 1. The SMILES string of the molecule is C=C(Cl)CN=C(NCC)NC1CC1.I. The third-order valence-corrected chi connectivity index (χ3v) is 1.79. The molecule has 0 spiro atoms. The van der Waals surface area contributed by atoms with E-state index in [9.17, 15) is 0 Å². The van der Waals surface area contributed by atoms with Gasteiger partial charge in [0, 0.05) is 17.6 Å². The van der Waals surface area contributed by atoms with E-state index in [4.69, 9.17) is 11.6 Å². The topological polar surface area (TPSA) is 36.4 Å². The predicted octanol–water partition coefficient (Wildman–Crippen LogP) is 2.07. The normalized spacial score (nSPS) is 15.7. The summed E-state index contributed by atoms with van der Waals surface area (Å²) < 4.78 is 0. The van der Waals surface area contributed by atoms with Gasteiger partial charge in [-0.05, 0) is 19.8 Å². The Morgan fingerprint density at radius 1 is 1.57 bits per heavy atom. The highest BCUT2D eigenvalue weighted by Gasteiger charge is 2.21. The molecule has 3 nitrogen and oxygen atoms in total. The Morgan fingerprint density at radius 3 is 2.64 bits per heavy atom. The zero-order valence-electron chi connectivity index (χ0n) is 8.35. The van der Waals surface area contributed by atoms with Crippen LogP contribution in [-0.4, -0.2) is 25.1 Å². The number of halogens is 2. The molecular formula is C9H17ClIN3. The second-order valence-corrected chi connectivity index (χ2v) is 3.67. The second kappa shape index (κ2) is 7.34. The van der Waals surface area contributed by atoms with Crippen LogP contribution in [0.2, 0.25) is 0 Å². The third kappa shape index (κ3) is 6.48. The Labute approximate surface area is 107 Å². The first-order chi connectivity index (χ1) is 6.22. The summed E-state index contributed by atoms with van der Waals surface area (Å²) in [5, 5.41) is 7.00. The van der Waals surface area contributed by atoms with E-state index in [-0.39, 0.29) is 24.0 Å². The van der Waals surface area contributed by atoms with Crippen molar-refractivity contribution in [1.29, 1.82) is 0 Å². The van der Waals surface area contributed by atoms with E-state index in [1.807, 2.05) is 6.92 Å². The molecule has 0 amide bonds. The lowest BCUT2D eigenvalue weighted by molar-refractivity contribution is 0.820. The van der Waals surface area contributed by atoms with Crippen molar-refractivity contribution in [2.24, 2.45) is 4.99 Å². The molecule has 1 fully saturated rings. The molecular weight excluding hydrogens is 312 g/mol. The second-order valence-electron chi connectivity index (χ2n) is 3.13. The number of hydrogen-bond acceptors (Lipinski definition) is 1. The molecule has 0 aliphatic heterocycles. The first kappa shape index (κ1) is 14.0. The lowest BCUT2D eigenvalue weighted by Crippen LogP contribution is -2.38. The maximum absolute atomic E-state index is 5.62. The maximum Gasteiger partial charge on any atom is 0.191 e. The van der Waals surface area contributed by atoms with Gasteiger partial charge in [0.2, 0.25) is 0 Å². The van der Waals surface area contributed by atoms with E-state index in [0.29, 0.717) is 17.6 Å². The van der Waals surface area contributed by atoms with Gasteiger partial charge in [0.25, 0.3) is 0 Å². The van der Waals surface area contributed by atoms with Gasteiger partial charge in [0.05, 0.1) is 6.54 Å². The number of hydrogen-bond donors (Lipinski definition) is 2. The molecule has 14 heavy (non-hydrogen) atoms. The lowest BCUT2D eigenvalue weighted by atomic mass is 10.6. The molecule has 1 rings (SSSR count). The van der Waals surface area contributed by atoms with Gasteiger partial charge in [-0.15, -0.1) is 24.0 Å². The standard InChI is InChI=1S/C9H16ClN3.HI/c1-3-11-9(12-6-7(2)10)13-8-4-5-8;/h8H,2-6H2,1H3,(H2,11,12,13);1H. The summed E-state index contributed by atoms with van der Waals surface area (Å²) in [6, 6.07) is 0.612. The molecule has 0 unspecified atom stereocenters. The van der Waals surface area contributed by atoms with Crippen LogP contribution in [-0.2, 0) is 0 Å². The number of aliphatic imine (C=N–C) groups is 1. The highest BCUT2D eigenvalue weighted by atomic mass is 127. The molecule has 0 saturated heterocycles. The van der Waals surface area contributed by atoms with Crippen molar-refractivity contribution in [3.8, 4) is 0 Å². The highest BCUT2D eigenvalue weighted by Crippen LogP contribution is 2.18. The van der Waals surface area contributed by atoms with Crippen LogP contribution in [0.5, 0.6) is 0 Å². The summed E-state index contributed by atoms with van der Waals surface area (Å²) in [6.07, 6.45) is 2.48. The highest BCUT2D eigenvalue weighted by molar-refractivity contribution is 14.0. The number of nitrogens with zero attached hydrogens (tertiary/aromatic N) is 1. The molecule has 82 valence electrons. The van der Waals surface area contributed by atoms with Crippen LogP contribution in [0.15, 0.2) is 16.6 Å². The van der Waals surface area contributed by atoms with Crippen molar-refractivity contribution in [3.63, 3.8) is 0 Å². The zero-order valence-corrected chi connectivity index (χ0v) is 11.4. The smallest absolute Gasteiger partial charge is 0.191 e. The monoisotopic (exact) mass is 329 g/mol. The van der Waals surface area contributed by atoms with Crippen LogP contribution in [0, 0.1) is 0 Å². The summed E-state index contributed by atoms with van der Waals surface area (Å²) in [6.45, 7) is 6.97. The van der Waals surface area contributed by atoms with E-state index >= 15 is 0 Å². The average Bonchev–Trinajstić information content (AvgIpc) is 2.84. The van der Waals surface area contributed by atoms with Gasteiger partial charge in [-0.25, -0.2) is 4.99 Å². The summed E-state index contributed by atoms with van der Waals surface area (Å²) in [4.78, 5) is 4.26. The molecule has 1 aliphatic rings. The molecule has 1 aliphatic carbocycles. The fraction of sp³-hybridized carbons (Fsp3) is 0.667. The first-order valence-electron chi connectivity index (χ1n) is 4.60. The predicted molar refractivity (Wildman–Crippen MR) is 72.5 cm³/mol. The Kier molecular flexibility index (Phi) is 7.35. The summed E-state index contributed by atoms with van der Waals surface area (Å²) >= 11 is 5.62. The maximum atomic E-state index is 5.62. The van der Waals surface area contributed by atoms with Crippen LogP contribution in [0.3, 0.4) is 0 Å². The van der Waals surface area contributed by atoms with Crippen molar-refractivity contribution < 1.29 is 0 Å². The summed E-state index contributed by atoms with van der Waals surface area (Å²) in [7, 11) is 0. The van der Waals surface area contributed by atoms with E-state index in [1.54, 1.807) is 0 Å². The van der Waals surface area contributed by atoms with Crippen LogP contribution >= 0.6 is 35.6 Å². The minimum Gasteiger partial charge on any atom is -0.357 e. The molecule has 2 N–H and O–H groups in total. The van der Waals surface area contributed by atoms with E-state index in [1.165, 1.54) is 12.8 Å². The Hall–Kier alpha value is 0.0300. The van der Waals surface area contributed by atoms with Crippen LogP contribution in [0.1, 0.15) is 19.8 Å². The average molecular weight is 330 g/mol. The van der Waals surface area contributed by atoms with Gasteiger partial charge in [0.15, 0.2) is 5.96 Å². The van der Waals surface area contributed by atoms with Crippen molar-refractivity contribution in [1.82, 2.24) is 10.6 Å². The minimum atomic E-state index is 0. The van der Waals surface area contributed by atoms with E-state index in [2.05, 4.69) is 22.2 Å². The molecule has 0 aromatic heterocycles. The molecule has 0 atom stereocenters. The van der Waals surface area contributed by atoms with Crippen molar-refractivity contribution >= 4 is 41.5 Å². The molecule has 0 aromatic carbocycles. The van der Waals surface area contributed by atoms with Gasteiger partial charge in [0.1, 0.15) is 0 Å². The summed E-state index contributed by atoms with van der Waals surface area (Å²) in [5.74, 6) is 0.840. The quantitative estimate of drug-likeness (QED) is 0.471. The molecule has 0 heterocycles. The van der Waals surface area contributed by atoms with Gasteiger partial charge in [-0.3, -0.25) is 0 Å². The van der Waals surface area contributed by atoms with E-state index in [0.717, 1.165) is 12.5 Å². The van der Waals surface area contributed by atoms with Crippen molar-refractivity contribution in [2.45, 2.75) is 25.8 Å². The molecule has 0 aromatic rings. The molecule has 1 saturated carbocycles. The van der Waals surface area contributed by atoms with Gasteiger partial charge in [-0.2, -0.15) is 0 Å². The Balaban J connectivity index is 0.00000169. The number of nitrogens with one attached hydrogen (secondary N) is 2. The van der Waals surface area contributed by atoms with Crippen molar-refractivity contribution in [2.75, 3.05) is 13.1 Å². The zero-order chi connectivity index (χ0) is 9.68. The molecule has 5 heteroatoms. The fourth-order valence-corrected chi connectivity index (χ4v) is 0.966. The number of rotatable bonds is 4. The third-order valence-electron chi connectivity index (χ3n) is 1.67. The van der Waals surface area contributed by atoms with Crippen molar-refractivity contribution in [3.05, 3.63) is 11.6 Å². The lowest BCUT2D eigenvalue weighted by Gasteiger charge is -2.09. The Morgan fingerprint density at radius 2 is 2.21 bits per heavy atom.